The van der Waals surface area contributed by atoms with Gasteiger partial charge >= 0.3 is 0 Å². The summed E-state index contributed by atoms with van der Waals surface area (Å²) in [5, 5.41) is 0. The summed E-state index contributed by atoms with van der Waals surface area (Å²) in [5.74, 6) is -0.311. The number of rotatable bonds is 4. The molecule has 1 saturated carbocycles. The highest BCUT2D eigenvalue weighted by molar-refractivity contribution is 9.10. The summed E-state index contributed by atoms with van der Waals surface area (Å²) in [5.41, 5.74) is 0. The van der Waals surface area contributed by atoms with Gasteiger partial charge in [-0.3, -0.25) is 0 Å². The van der Waals surface area contributed by atoms with Crippen LogP contribution in [0, 0.1) is 11.7 Å². The van der Waals surface area contributed by atoms with E-state index in [0.29, 0.717) is 23.4 Å². The summed E-state index contributed by atoms with van der Waals surface area (Å²) in [7, 11) is -3.86. The standard InChI is InChI=1S/C13H15BrFNO3S/c14-9-3-4-12(10(15)7-9)20(17,18)16-11-5-6-19-13(11)8-1-2-8/h3-4,7-8,11,13,16H,1-2,5-6H2. The van der Waals surface area contributed by atoms with E-state index in [9.17, 15) is 12.8 Å². The van der Waals surface area contributed by atoms with Crippen LogP contribution in [0.4, 0.5) is 4.39 Å². The first-order valence-corrected chi connectivity index (χ1v) is 8.84. The fourth-order valence-corrected chi connectivity index (χ4v) is 4.26. The Balaban J connectivity index is 1.81. The lowest BCUT2D eigenvalue weighted by atomic mass is 10.1. The average molecular weight is 364 g/mol. The maximum atomic E-state index is 13.8. The lowest BCUT2D eigenvalue weighted by molar-refractivity contribution is 0.0848. The molecule has 1 heterocycles. The summed E-state index contributed by atoms with van der Waals surface area (Å²) in [4.78, 5) is -0.317. The van der Waals surface area contributed by atoms with E-state index < -0.39 is 15.8 Å². The van der Waals surface area contributed by atoms with Crippen LogP contribution in [0.25, 0.3) is 0 Å². The van der Waals surface area contributed by atoms with E-state index in [1.54, 1.807) is 0 Å². The lowest BCUT2D eigenvalue weighted by Gasteiger charge is -2.19. The third kappa shape index (κ3) is 2.90. The fraction of sp³-hybridized carbons (Fsp3) is 0.538. The van der Waals surface area contributed by atoms with Crippen molar-refractivity contribution in [3.8, 4) is 0 Å². The zero-order valence-corrected chi connectivity index (χ0v) is 13.1. The van der Waals surface area contributed by atoms with E-state index in [1.165, 1.54) is 12.1 Å². The van der Waals surface area contributed by atoms with Gasteiger partial charge in [0.2, 0.25) is 10.0 Å². The summed E-state index contributed by atoms with van der Waals surface area (Å²) in [6.45, 7) is 0.553. The van der Waals surface area contributed by atoms with Crippen molar-refractivity contribution in [1.29, 1.82) is 0 Å². The van der Waals surface area contributed by atoms with Crippen molar-refractivity contribution in [2.75, 3.05) is 6.61 Å². The number of hydrogen-bond acceptors (Lipinski definition) is 3. The molecular weight excluding hydrogens is 349 g/mol. The predicted molar refractivity (Wildman–Crippen MR) is 75.3 cm³/mol. The van der Waals surface area contributed by atoms with E-state index in [1.807, 2.05) is 0 Å². The van der Waals surface area contributed by atoms with Gasteiger partial charge in [-0.05, 0) is 43.4 Å². The Morgan fingerprint density at radius 1 is 1.30 bits per heavy atom. The highest BCUT2D eigenvalue weighted by Gasteiger charge is 2.42. The maximum absolute atomic E-state index is 13.8. The van der Waals surface area contributed by atoms with E-state index in [2.05, 4.69) is 20.7 Å². The van der Waals surface area contributed by atoms with E-state index in [4.69, 9.17) is 4.74 Å². The minimum atomic E-state index is -3.86. The molecule has 1 N–H and O–H groups in total. The van der Waals surface area contributed by atoms with Crippen LogP contribution < -0.4 is 4.72 Å². The van der Waals surface area contributed by atoms with Crippen LogP contribution >= 0.6 is 15.9 Å². The predicted octanol–water partition coefficient (Wildman–Crippen LogP) is 2.43. The SMILES string of the molecule is O=S(=O)(NC1CCOC1C1CC1)c1ccc(Br)cc1F. The molecule has 0 spiro atoms. The monoisotopic (exact) mass is 363 g/mol. The molecule has 2 atom stereocenters. The first-order valence-electron chi connectivity index (χ1n) is 6.56. The Morgan fingerprint density at radius 3 is 2.70 bits per heavy atom. The molecule has 0 radical (unpaired) electrons. The minimum absolute atomic E-state index is 0.0664. The Hall–Kier alpha value is -0.500. The molecule has 3 rings (SSSR count). The van der Waals surface area contributed by atoms with E-state index >= 15 is 0 Å². The van der Waals surface area contributed by atoms with Crippen molar-refractivity contribution in [3.63, 3.8) is 0 Å². The molecule has 0 bridgehead atoms. The molecule has 0 amide bonds. The lowest BCUT2D eigenvalue weighted by Crippen LogP contribution is -2.41. The number of benzene rings is 1. The molecule has 0 aromatic heterocycles. The van der Waals surface area contributed by atoms with Crippen molar-refractivity contribution < 1.29 is 17.5 Å². The van der Waals surface area contributed by atoms with Crippen LogP contribution in [-0.2, 0) is 14.8 Å². The highest BCUT2D eigenvalue weighted by Crippen LogP contribution is 2.39. The Bertz CT molecular complexity index is 618. The van der Waals surface area contributed by atoms with Crippen molar-refractivity contribution in [2.45, 2.75) is 36.3 Å². The fourth-order valence-electron chi connectivity index (χ4n) is 2.58. The van der Waals surface area contributed by atoms with Gasteiger partial charge < -0.3 is 4.74 Å². The van der Waals surface area contributed by atoms with Gasteiger partial charge in [0.1, 0.15) is 10.7 Å². The molecule has 1 aromatic rings. The molecule has 4 nitrogen and oxygen atoms in total. The van der Waals surface area contributed by atoms with Gasteiger partial charge in [-0.2, -0.15) is 0 Å². The first kappa shape index (κ1) is 14.4. The second kappa shape index (κ2) is 5.36. The van der Waals surface area contributed by atoms with E-state index in [-0.39, 0.29) is 17.0 Å². The topological polar surface area (TPSA) is 55.4 Å². The van der Waals surface area contributed by atoms with Crippen molar-refractivity contribution >= 4 is 26.0 Å². The number of hydrogen-bond donors (Lipinski definition) is 1. The summed E-state index contributed by atoms with van der Waals surface area (Å²) in [6, 6.07) is 3.68. The molecule has 7 heteroatoms. The van der Waals surface area contributed by atoms with Crippen LogP contribution in [0.1, 0.15) is 19.3 Å². The summed E-state index contributed by atoms with van der Waals surface area (Å²) in [6.07, 6.45) is 2.73. The van der Waals surface area contributed by atoms with Crippen molar-refractivity contribution in [3.05, 3.63) is 28.5 Å². The molecule has 1 aliphatic heterocycles. The molecule has 20 heavy (non-hydrogen) atoms. The van der Waals surface area contributed by atoms with Gasteiger partial charge in [0.05, 0.1) is 12.1 Å². The van der Waals surface area contributed by atoms with Gasteiger partial charge in [0.25, 0.3) is 0 Å². The number of sulfonamides is 1. The van der Waals surface area contributed by atoms with Crippen LogP contribution in [0.3, 0.4) is 0 Å². The van der Waals surface area contributed by atoms with Gasteiger partial charge in [0, 0.05) is 11.1 Å². The first-order chi connectivity index (χ1) is 9.47. The van der Waals surface area contributed by atoms with E-state index in [0.717, 1.165) is 18.9 Å². The van der Waals surface area contributed by atoms with Gasteiger partial charge in [-0.1, -0.05) is 15.9 Å². The Labute approximate surface area is 125 Å². The molecule has 2 fully saturated rings. The quantitative estimate of drug-likeness (QED) is 0.893. The van der Waals surface area contributed by atoms with Crippen LogP contribution in [0.2, 0.25) is 0 Å². The summed E-state index contributed by atoms with van der Waals surface area (Å²) < 4.78 is 47.1. The zero-order chi connectivity index (χ0) is 14.3. The largest absolute Gasteiger partial charge is 0.376 e. The molecule has 2 unspecified atom stereocenters. The van der Waals surface area contributed by atoms with Gasteiger partial charge in [-0.15, -0.1) is 0 Å². The van der Waals surface area contributed by atoms with Crippen molar-refractivity contribution in [1.82, 2.24) is 4.72 Å². The summed E-state index contributed by atoms with van der Waals surface area (Å²) >= 11 is 3.11. The van der Waals surface area contributed by atoms with Crippen LogP contribution in [-0.4, -0.2) is 27.2 Å². The third-order valence-electron chi connectivity index (χ3n) is 3.71. The number of nitrogens with one attached hydrogen (secondary N) is 1. The molecule has 110 valence electrons. The maximum Gasteiger partial charge on any atom is 0.243 e. The molecule has 1 saturated heterocycles. The average Bonchev–Trinajstić information content (AvgIpc) is 3.10. The molecule has 1 aliphatic carbocycles. The zero-order valence-electron chi connectivity index (χ0n) is 10.7. The molecule has 2 aliphatic rings. The van der Waals surface area contributed by atoms with Crippen LogP contribution in [0.5, 0.6) is 0 Å². The highest BCUT2D eigenvalue weighted by atomic mass is 79.9. The van der Waals surface area contributed by atoms with Crippen LogP contribution in [0.15, 0.2) is 27.6 Å². The third-order valence-corrected chi connectivity index (χ3v) is 5.73. The second-order valence-corrected chi connectivity index (χ2v) is 7.86. The second-order valence-electron chi connectivity index (χ2n) is 5.26. The van der Waals surface area contributed by atoms with Crippen molar-refractivity contribution in [2.24, 2.45) is 5.92 Å². The molecular formula is C13H15BrFNO3S. The number of halogens is 2. The minimum Gasteiger partial charge on any atom is -0.376 e. The normalized spacial score (nSPS) is 26.9. The number of ether oxygens (including phenoxy) is 1. The van der Waals surface area contributed by atoms with Gasteiger partial charge in [-0.25, -0.2) is 17.5 Å². The smallest absolute Gasteiger partial charge is 0.243 e. The Kier molecular flexibility index (Phi) is 3.87. The van der Waals surface area contributed by atoms with Gasteiger partial charge in [0.15, 0.2) is 0 Å². The molecule has 1 aromatic carbocycles. The Morgan fingerprint density at radius 2 is 2.05 bits per heavy atom.